The van der Waals surface area contributed by atoms with Gasteiger partial charge in [-0.3, -0.25) is 4.79 Å². The highest BCUT2D eigenvalue weighted by molar-refractivity contribution is 5.84. The highest BCUT2D eigenvalue weighted by Crippen LogP contribution is 2.18. The fourth-order valence-corrected chi connectivity index (χ4v) is 3.07. The number of nitrogens with one attached hydrogen (secondary N) is 3. The molecule has 1 amide bonds. The molecule has 204 valence electrons. The first-order valence-electron chi connectivity index (χ1n) is 11.7. The van der Waals surface area contributed by atoms with E-state index in [9.17, 15) is 18.0 Å². The molecule has 0 spiro atoms. The summed E-state index contributed by atoms with van der Waals surface area (Å²) in [7, 11) is 0. The molecule has 0 bridgehead atoms. The number of hydrogen-bond acceptors (Lipinski definition) is 7. The van der Waals surface area contributed by atoms with Crippen molar-refractivity contribution in [3.05, 3.63) is 77.5 Å². The summed E-state index contributed by atoms with van der Waals surface area (Å²) in [5, 5.41) is 16.6. The van der Waals surface area contributed by atoms with Crippen LogP contribution < -0.4 is 21.7 Å². The van der Waals surface area contributed by atoms with Gasteiger partial charge in [0.25, 0.3) is 0 Å². The molecule has 0 aliphatic carbocycles. The lowest BCUT2D eigenvalue weighted by molar-refractivity contribution is -0.192. The standard InChI is InChI=1S/C24H30N6O.C2HF3O2/c1-17-10-12-19(13-11-17)16-26-23(31)21(9-6-14-25)29-22-18(2)15-27-24(30-22)28-20-7-4-3-5-8-20;3-2(4,5)1(6)7/h3-5,7-8,10-13,15,21H,6,9,14,16,25H2,1-2H3,(H,26,31)(H2,27,28,29,30);(H,6,7)/t21-;/m0./s1. The number of nitrogens with zero attached hydrogens (tertiary/aromatic N) is 2. The van der Waals surface area contributed by atoms with Gasteiger partial charge >= 0.3 is 12.1 Å². The van der Waals surface area contributed by atoms with Crippen molar-refractivity contribution in [3.8, 4) is 0 Å². The minimum atomic E-state index is -5.08. The Balaban J connectivity index is 0.000000638. The number of halogens is 3. The summed E-state index contributed by atoms with van der Waals surface area (Å²) in [6, 6.07) is 17.4. The van der Waals surface area contributed by atoms with E-state index < -0.39 is 18.2 Å². The summed E-state index contributed by atoms with van der Waals surface area (Å²) >= 11 is 0. The third-order valence-corrected chi connectivity index (χ3v) is 5.16. The zero-order valence-electron chi connectivity index (χ0n) is 21.0. The molecule has 0 unspecified atom stereocenters. The number of aromatic nitrogens is 2. The van der Waals surface area contributed by atoms with Gasteiger partial charge in [0.05, 0.1) is 0 Å². The second-order valence-corrected chi connectivity index (χ2v) is 8.35. The van der Waals surface area contributed by atoms with Crippen LogP contribution in [0.5, 0.6) is 0 Å². The van der Waals surface area contributed by atoms with Gasteiger partial charge in [-0.25, -0.2) is 9.78 Å². The Labute approximate surface area is 218 Å². The topological polar surface area (TPSA) is 142 Å². The maximum absolute atomic E-state index is 12.9. The number of aliphatic carboxylic acids is 1. The van der Waals surface area contributed by atoms with E-state index in [1.807, 2.05) is 68.4 Å². The molecule has 0 radical (unpaired) electrons. The number of para-hydroxylation sites is 1. The van der Waals surface area contributed by atoms with Crippen LogP contribution in [-0.4, -0.2) is 45.7 Å². The van der Waals surface area contributed by atoms with Crippen molar-refractivity contribution < 1.29 is 27.9 Å². The Morgan fingerprint density at radius 2 is 1.68 bits per heavy atom. The highest BCUT2D eigenvalue weighted by atomic mass is 19.4. The second kappa shape index (κ2) is 14.5. The average molecular weight is 533 g/mol. The summed E-state index contributed by atoms with van der Waals surface area (Å²) < 4.78 is 31.7. The number of amides is 1. The molecule has 0 fully saturated rings. The third kappa shape index (κ3) is 10.4. The van der Waals surface area contributed by atoms with Crippen LogP contribution in [0, 0.1) is 13.8 Å². The number of carboxylic acid groups (broad SMARTS) is 1. The van der Waals surface area contributed by atoms with Crippen molar-refractivity contribution in [1.29, 1.82) is 0 Å². The predicted octanol–water partition coefficient (Wildman–Crippen LogP) is 4.31. The van der Waals surface area contributed by atoms with Gasteiger partial charge in [-0.2, -0.15) is 18.2 Å². The van der Waals surface area contributed by atoms with Crippen molar-refractivity contribution in [3.63, 3.8) is 0 Å². The number of aryl methyl sites for hydroxylation is 2. The lowest BCUT2D eigenvalue weighted by atomic mass is 10.1. The lowest BCUT2D eigenvalue weighted by Gasteiger charge is -2.20. The van der Waals surface area contributed by atoms with Gasteiger partial charge in [0.15, 0.2) is 0 Å². The zero-order valence-corrected chi connectivity index (χ0v) is 21.0. The monoisotopic (exact) mass is 532 g/mol. The molecular formula is C26H31F3N6O3. The summed E-state index contributed by atoms with van der Waals surface area (Å²) in [4.78, 5) is 30.7. The van der Waals surface area contributed by atoms with Crippen molar-refractivity contribution in [1.82, 2.24) is 15.3 Å². The van der Waals surface area contributed by atoms with E-state index in [0.29, 0.717) is 31.3 Å². The minimum absolute atomic E-state index is 0.0791. The molecule has 0 aliphatic heterocycles. The van der Waals surface area contributed by atoms with Crippen LogP contribution in [0.25, 0.3) is 0 Å². The van der Waals surface area contributed by atoms with Gasteiger partial charge in [0.1, 0.15) is 11.9 Å². The van der Waals surface area contributed by atoms with Crippen LogP contribution in [-0.2, 0) is 16.1 Å². The fraction of sp³-hybridized carbons (Fsp3) is 0.308. The fourth-order valence-electron chi connectivity index (χ4n) is 3.07. The Morgan fingerprint density at radius 3 is 2.26 bits per heavy atom. The maximum atomic E-state index is 12.9. The van der Waals surface area contributed by atoms with Crippen molar-refractivity contribution >= 4 is 29.3 Å². The second-order valence-electron chi connectivity index (χ2n) is 8.35. The van der Waals surface area contributed by atoms with E-state index >= 15 is 0 Å². The molecule has 0 aliphatic rings. The van der Waals surface area contributed by atoms with Crippen LogP contribution in [0.15, 0.2) is 60.8 Å². The van der Waals surface area contributed by atoms with Crippen molar-refractivity contribution in [2.45, 2.75) is 45.5 Å². The quantitative estimate of drug-likeness (QED) is 0.260. The number of carboxylic acids is 1. The summed E-state index contributed by atoms with van der Waals surface area (Å²) in [6.07, 6.45) is -2.00. The average Bonchev–Trinajstić information content (AvgIpc) is 2.88. The Morgan fingerprint density at radius 1 is 1.05 bits per heavy atom. The third-order valence-electron chi connectivity index (χ3n) is 5.16. The minimum Gasteiger partial charge on any atom is -0.475 e. The summed E-state index contributed by atoms with van der Waals surface area (Å²) in [5.41, 5.74) is 9.70. The molecular weight excluding hydrogens is 501 g/mol. The highest BCUT2D eigenvalue weighted by Gasteiger charge is 2.38. The molecule has 2 aromatic carbocycles. The predicted molar refractivity (Wildman–Crippen MR) is 139 cm³/mol. The maximum Gasteiger partial charge on any atom is 0.490 e. The van der Waals surface area contributed by atoms with Gasteiger partial charge in [-0.15, -0.1) is 0 Å². The number of benzene rings is 2. The lowest BCUT2D eigenvalue weighted by Crippen LogP contribution is -2.40. The molecule has 12 heteroatoms. The number of anilines is 3. The van der Waals surface area contributed by atoms with Crippen LogP contribution in [0.3, 0.4) is 0 Å². The van der Waals surface area contributed by atoms with Gasteiger partial charge < -0.3 is 26.8 Å². The van der Waals surface area contributed by atoms with E-state index in [1.54, 1.807) is 6.20 Å². The molecule has 1 heterocycles. The summed E-state index contributed by atoms with van der Waals surface area (Å²) in [5.74, 6) is -1.74. The number of nitrogens with two attached hydrogens (primary N) is 1. The number of rotatable bonds is 10. The normalized spacial score (nSPS) is 11.5. The largest absolute Gasteiger partial charge is 0.490 e. The molecule has 0 saturated carbocycles. The molecule has 1 aromatic heterocycles. The number of carbonyl (C=O) groups is 2. The van der Waals surface area contributed by atoms with E-state index in [2.05, 4.69) is 25.9 Å². The van der Waals surface area contributed by atoms with Crippen LogP contribution in [0.4, 0.5) is 30.6 Å². The van der Waals surface area contributed by atoms with E-state index in [0.717, 1.165) is 23.2 Å². The van der Waals surface area contributed by atoms with Crippen LogP contribution in [0.2, 0.25) is 0 Å². The number of carbonyl (C=O) groups excluding carboxylic acids is 1. The molecule has 3 rings (SSSR count). The first-order valence-corrected chi connectivity index (χ1v) is 11.7. The molecule has 3 aromatic rings. The van der Waals surface area contributed by atoms with Crippen molar-refractivity contribution in [2.75, 3.05) is 17.2 Å². The molecule has 0 saturated heterocycles. The van der Waals surface area contributed by atoms with E-state index in [1.165, 1.54) is 5.56 Å². The molecule has 38 heavy (non-hydrogen) atoms. The van der Waals surface area contributed by atoms with Crippen LogP contribution in [0.1, 0.15) is 29.5 Å². The van der Waals surface area contributed by atoms with Crippen molar-refractivity contribution in [2.24, 2.45) is 5.73 Å². The molecule has 6 N–H and O–H groups in total. The Kier molecular flexibility index (Phi) is 11.5. The Hall–Kier alpha value is -4.19. The van der Waals surface area contributed by atoms with E-state index in [4.69, 9.17) is 15.6 Å². The molecule has 9 nitrogen and oxygen atoms in total. The zero-order chi connectivity index (χ0) is 28.1. The van der Waals surface area contributed by atoms with Gasteiger partial charge in [-0.1, -0.05) is 48.0 Å². The van der Waals surface area contributed by atoms with Gasteiger partial charge in [0, 0.05) is 24.0 Å². The van der Waals surface area contributed by atoms with E-state index in [-0.39, 0.29) is 5.91 Å². The smallest absolute Gasteiger partial charge is 0.475 e. The molecule has 1 atom stereocenters. The first kappa shape index (κ1) is 30.0. The number of hydrogen-bond donors (Lipinski definition) is 5. The summed E-state index contributed by atoms with van der Waals surface area (Å²) in [6.45, 7) is 4.95. The van der Waals surface area contributed by atoms with Gasteiger partial charge in [-0.05, 0) is 50.9 Å². The SMILES string of the molecule is Cc1ccc(CNC(=O)[C@H](CCCN)Nc2nc(Nc3ccccc3)ncc2C)cc1.O=C(O)C(F)(F)F. The van der Waals surface area contributed by atoms with Gasteiger partial charge in [0.2, 0.25) is 11.9 Å². The Bertz CT molecular complexity index is 1180. The van der Waals surface area contributed by atoms with Crippen LogP contribution >= 0.6 is 0 Å². The first-order chi connectivity index (χ1) is 18.0. The number of alkyl halides is 3.